The first kappa shape index (κ1) is 22.7. The average molecular weight is 417 g/mol. The molecule has 28 heavy (non-hydrogen) atoms. The van der Waals surface area contributed by atoms with Gasteiger partial charge in [-0.25, -0.2) is 12.7 Å². The van der Waals surface area contributed by atoms with Crippen molar-refractivity contribution in [3.63, 3.8) is 0 Å². The van der Waals surface area contributed by atoms with Crippen LogP contribution in [0.5, 0.6) is 0 Å². The van der Waals surface area contributed by atoms with Gasteiger partial charge < -0.3 is 0 Å². The van der Waals surface area contributed by atoms with Gasteiger partial charge in [0, 0.05) is 32.1 Å². The third-order valence-corrected chi connectivity index (χ3v) is 7.02. The zero-order valence-corrected chi connectivity index (χ0v) is 16.8. The van der Waals surface area contributed by atoms with E-state index < -0.39 is 21.8 Å². The molecule has 0 atom stereocenters. The van der Waals surface area contributed by atoms with Gasteiger partial charge in [0.1, 0.15) is 0 Å². The molecule has 1 aliphatic heterocycles. The largest absolute Gasteiger partial charge is 0.416 e. The average Bonchev–Trinajstić information content (AvgIpc) is 2.65. The fraction of sp³-hybridized carbons (Fsp3) is 0.632. The van der Waals surface area contributed by atoms with Gasteiger partial charge in [-0.05, 0) is 44.4 Å². The maximum atomic E-state index is 12.9. The van der Waals surface area contributed by atoms with E-state index in [0.29, 0.717) is 57.3 Å². The van der Waals surface area contributed by atoms with Crippen LogP contribution >= 0.6 is 0 Å². The van der Waals surface area contributed by atoms with Crippen LogP contribution in [0.25, 0.3) is 0 Å². The Bertz CT molecular complexity index is 782. The Hall–Kier alpha value is -1.63. The molecule has 1 aliphatic rings. The lowest BCUT2D eigenvalue weighted by molar-refractivity contribution is -0.137. The van der Waals surface area contributed by atoms with Crippen molar-refractivity contribution in [2.24, 2.45) is 0 Å². The number of alkyl halides is 3. The number of nitrogens with zero attached hydrogens (tertiary/aromatic N) is 3. The highest BCUT2D eigenvalue weighted by Gasteiger charge is 2.31. The van der Waals surface area contributed by atoms with Gasteiger partial charge in [0.25, 0.3) is 0 Å². The summed E-state index contributed by atoms with van der Waals surface area (Å²) in [5.41, 5.74) is -0.0689. The third-order valence-electron chi connectivity index (χ3n) is 5.07. The molecule has 9 heteroatoms. The van der Waals surface area contributed by atoms with E-state index in [1.54, 1.807) is 6.07 Å². The number of hydrogen-bond donors (Lipinski definition) is 0. The molecule has 1 fully saturated rings. The Morgan fingerprint density at radius 3 is 2.54 bits per heavy atom. The van der Waals surface area contributed by atoms with Crippen LogP contribution in [0.1, 0.15) is 43.2 Å². The van der Waals surface area contributed by atoms with Gasteiger partial charge >= 0.3 is 6.18 Å². The predicted molar refractivity (Wildman–Crippen MR) is 101 cm³/mol. The van der Waals surface area contributed by atoms with Crippen LogP contribution in [-0.2, 0) is 22.7 Å². The number of hydrogen-bond acceptors (Lipinski definition) is 4. The summed E-state index contributed by atoms with van der Waals surface area (Å²) in [6, 6.07) is 7.44. The van der Waals surface area contributed by atoms with E-state index >= 15 is 0 Å². The standard InChI is InChI=1S/C19H26F3N3O2S/c1-24(15-16-6-5-7-17(14-16)19(20,21)22)18-8-11-25(12-9-18)28(26,27)13-4-2-3-10-23/h5-7,14,18H,2-4,8-9,11-13,15H2,1H3. The van der Waals surface area contributed by atoms with Gasteiger partial charge in [-0.1, -0.05) is 18.2 Å². The highest BCUT2D eigenvalue weighted by Crippen LogP contribution is 2.30. The van der Waals surface area contributed by atoms with E-state index in [2.05, 4.69) is 0 Å². The van der Waals surface area contributed by atoms with E-state index in [-0.39, 0.29) is 11.8 Å². The molecule has 5 nitrogen and oxygen atoms in total. The second-order valence-electron chi connectivity index (χ2n) is 7.17. The van der Waals surface area contributed by atoms with Crippen molar-refractivity contribution >= 4 is 10.0 Å². The molecule has 0 saturated carbocycles. The van der Waals surface area contributed by atoms with Gasteiger partial charge in [-0.15, -0.1) is 0 Å². The molecule has 1 heterocycles. The zero-order chi connectivity index (χ0) is 20.8. The number of unbranched alkanes of at least 4 members (excludes halogenated alkanes) is 2. The number of halogens is 3. The van der Waals surface area contributed by atoms with Crippen molar-refractivity contribution in [3.05, 3.63) is 35.4 Å². The molecule has 0 aromatic heterocycles. The van der Waals surface area contributed by atoms with Crippen molar-refractivity contribution in [3.8, 4) is 6.07 Å². The smallest absolute Gasteiger partial charge is 0.299 e. The number of rotatable bonds is 8. The molecular formula is C19H26F3N3O2S. The fourth-order valence-corrected chi connectivity index (χ4v) is 5.04. The molecule has 1 aromatic carbocycles. The Morgan fingerprint density at radius 1 is 1.25 bits per heavy atom. The van der Waals surface area contributed by atoms with Crippen LogP contribution in [0.15, 0.2) is 24.3 Å². The summed E-state index contributed by atoms with van der Waals surface area (Å²) >= 11 is 0. The SMILES string of the molecule is CN(Cc1cccc(C(F)(F)F)c1)C1CCN(S(=O)(=O)CCCCC#N)CC1. The molecule has 0 radical (unpaired) electrons. The maximum absolute atomic E-state index is 12.9. The predicted octanol–water partition coefficient (Wildman–Crippen LogP) is 3.63. The molecule has 156 valence electrons. The van der Waals surface area contributed by atoms with Crippen LogP contribution < -0.4 is 0 Å². The van der Waals surface area contributed by atoms with Crippen molar-refractivity contribution in [1.82, 2.24) is 9.21 Å². The molecule has 0 N–H and O–H groups in total. The van der Waals surface area contributed by atoms with Crippen LogP contribution in [0.3, 0.4) is 0 Å². The van der Waals surface area contributed by atoms with Gasteiger partial charge in [-0.2, -0.15) is 18.4 Å². The number of benzene rings is 1. The molecule has 1 saturated heterocycles. The highest BCUT2D eigenvalue weighted by atomic mass is 32.2. The minimum atomic E-state index is -4.36. The number of piperidine rings is 1. The Labute approximate surface area is 164 Å². The lowest BCUT2D eigenvalue weighted by Gasteiger charge is -2.36. The molecule has 1 aromatic rings. The lowest BCUT2D eigenvalue weighted by atomic mass is 10.0. The fourth-order valence-electron chi connectivity index (χ4n) is 3.44. The van der Waals surface area contributed by atoms with E-state index in [1.165, 1.54) is 10.4 Å². The van der Waals surface area contributed by atoms with Crippen molar-refractivity contribution in [2.75, 3.05) is 25.9 Å². The van der Waals surface area contributed by atoms with E-state index in [0.717, 1.165) is 12.1 Å². The van der Waals surface area contributed by atoms with Crippen LogP contribution in [0, 0.1) is 11.3 Å². The van der Waals surface area contributed by atoms with E-state index in [4.69, 9.17) is 5.26 Å². The van der Waals surface area contributed by atoms with Crippen molar-refractivity contribution in [1.29, 1.82) is 5.26 Å². The molecule has 0 bridgehead atoms. The normalized spacial score (nSPS) is 17.0. The summed E-state index contributed by atoms with van der Waals surface area (Å²) in [6.07, 6.45) is -1.66. The molecule has 2 rings (SSSR count). The Balaban J connectivity index is 1.87. The maximum Gasteiger partial charge on any atom is 0.416 e. The van der Waals surface area contributed by atoms with Gasteiger partial charge in [0.15, 0.2) is 0 Å². The first-order chi connectivity index (χ1) is 13.1. The van der Waals surface area contributed by atoms with E-state index in [9.17, 15) is 21.6 Å². The highest BCUT2D eigenvalue weighted by molar-refractivity contribution is 7.89. The summed E-state index contributed by atoms with van der Waals surface area (Å²) in [4.78, 5) is 1.99. The molecule has 0 unspecified atom stereocenters. The van der Waals surface area contributed by atoms with Gasteiger partial charge in [0.2, 0.25) is 10.0 Å². The molecule has 0 aliphatic carbocycles. The minimum Gasteiger partial charge on any atom is -0.299 e. The second-order valence-corrected chi connectivity index (χ2v) is 9.26. The van der Waals surface area contributed by atoms with Gasteiger partial charge in [-0.3, -0.25) is 4.90 Å². The summed E-state index contributed by atoms with van der Waals surface area (Å²) < 4.78 is 64.8. The van der Waals surface area contributed by atoms with Crippen LogP contribution in [-0.4, -0.2) is 49.6 Å². The topological polar surface area (TPSA) is 64.4 Å². The summed E-state index contributed by atoms with van der Waals surface area (Å²) in [6.45, 7) is 1.21. The monoisotopic (exact) mass is 417 g/mol. The van der Waals surface area contributed by atoms with Crippen molar-refractivity contribution in [2.45, 2.75) is 50.9 Å². The second kappa shape index (κ2) is 9.72. The Morgan fingerprint density at radius 2 is 1.93 bits per heavy atom. The molecule has 0 spiro atoms. The van der Waals surface area contributed by atoms with Gasteiger partial charge in [0.05, 0.1) is 17.4 Å². The number of nitriles is 1. The minimum absolute atomic E-state index is 0.0550. The lowest BCUT2D eigenvalue weighted by Crippen LogP contribution is -2.45. The first-order valence-electron chi connectivity index (χ1n) is 9.34. The van der Waals surface area contributed by atoms with E-state index in [1.807, 2.05) is 18.0 Å². The third kappa shape index (κ3) is 6.47. The molecule has 0 amide bonds. The quantitative estimate of drug-likeness (QED) is 0.606. The van der Waals surface area contributed by atoms with Crippen LogP contribution in [0.2, 0.25) is 0 Å². The molecular weight excluding hydrogens is 391 g/mol. The number of sulfonamides is 1. The van der Waals surface area contributed by atoms with Crippen molar-refractivity contribution < 1.29 is 21.6 Å². The summed E-state index contributed by atoms with van der Waals surface area (Å²) in [7, 11) is -1.46. The Kier molecular flexibility index (Phi) is 7.87. The summed E-state index contributed by atoms with van der Waals surface area (Å²) in [5, 5.41) is 8.52. The van der Waals surface area contributed by atoms with Crippen LogP contribution in [0.4, 0.5) is 13.2 Å². The first-order valence-corrected chi connectivity index (χ1v) is 11.0. The zero-order valence-electron chi connectivity index (χ0n) is 16.0. The summed E-state index contributed by atoms with van der Waals surface area (Å²) in [5.74, 6) is 0.0550.